The number of carbonyl (C=O) groups excluding carboxylic acids is 1. The number of nitrogens with zero attached hydrogens (tertiary/aromatic N) is 1. The van der Waals surface area contributed by atoms with Crippen molar-refractivity contribution < 1.29 is 14.7 Å². The summed E-state index contributed by atoms with van der Waals surface area (Å²) in [7, 11) is 0. The van der Waals surface area contributed by atoms with E-state index in [-0.39, 0.29) is 12.5 Å². The van der Waals surface area contributed by atoms with Gasteiger partial charge in [-0.15, -0.1) is 0 Å². The summed E-state index contributed by atoms with van der Waals surface area (Å²) in [5.74, 6) is -1.49. The molecule has 0 rings (SSSR count). The van der Waals surface area contributed by atoms with Gasteiger partial charge in [0.25, 0.3) is 0 Å². The van der Waals surface area contributed by atoms with Crippen molar-refractivity contribution >= 4 is 11.9 Å². The normalized spacial score (nSPS) is 13.5. The van der Waals surface area contributed by atoms with E-state index in [0.717, 1.165) is 0 Å². The number of carboxylic acid groups (broad SMARTS) is 1. The van der Waals surface area contributed by atoms with E-state index < -0.39 is 11.9 Å². The molecule has 0 spiro atoms. The van der Waals surface area contributed by atoms with Crippen molar-refractivity contribution in [3.05, 3.63) is 11.6 Å². The monoisotopic (exact) mass is 213 g/mol. The van der Waals surface area contributed by atoms with Crippen LogP contribution >= 0.6 is 0 Å². The summed E-state index contributed by atoms with van der Waals surface area (Å²) in [6.45, 7) is 7.76. The van der Waals surface area contributed by atoms with Gasteiger partial charge in [-0.1, -0.05) is 13.0 Å². The lowest BCUT2D eigenvalue weighted by Crippen LogP contribution is -2.37. The molecule has 0 heterocycles. The minimum atomic E-state index is -0.876. The first kappa shape index (κ1) is 13.7. The Morgan fingerprint density at radius 1 is 1.47 bits per heavy atom. The highest BCUT2D eigenvalue weighted by atomic mass is 16.4. The van der Waals surface area contributed by atoms with Gasteiger partial charge in [-0.25, -0.2) is 0 Å². The Balaban J connectivity index is 4.51. The molecule has 4 heteroatoms. The van der Waals surface area contributed by atoms with E-state index in [1.807, 2.05) is 6.92 Å². The molecule has 1 amide bonds. The zero-order valence-corrected chi connectivity index (χ0v) is 9.78. The number of aliphatic carboxylic acids is 1. The standard InChI is InChI=1S/C11H19NO3/c1-5-8(3)10(13)12(6-2)7-9(4)11(14)15/h5,9H,6-7H2,1-4H3,(H,14,15)/b8-5+/t9-/m0/s1. The number of likely N-dealkylation sites (N-methyl/N-ethyl adjacent to an activating group) is 1. The molecule has 0 bridgehead atoms. The Hall–Kier alpha value is -1.32. The van der Waals surface area contributed by atoms with Crippen molar-refractivity contribution in [3.63, 3.8) is 0 Å². The van der Waals surface area contributed by atoms with E-state index in [9.17, 15) is 9.59 Å². The second kappa shape index (κ2) is 6.22. The van der Waals surface area contributed by atoms with Gasteiger partial charge in [-0.2, -0.15) is 0 Å². The molecule has 0 aromatic rings. The van der Waals surface area contributed by atoms with Crippen LogP contribution in [0.15, 0.2) is 11.6 Å². The molecule has 0 aliphatic heterocycles. The van der Waals surface area contributed by atoms with Gasteiger partial charge in [-0.3, -0.25) is 9.59 Å². The molecule has 0 aliphatic carbocycles. The number of rotatable bonds is 5. The smallest absolute Gasteiger partial charge is 0.308 e. The van der Waals surface area contributed by atoms with Gasteiger partial charge < -0.3 is 10.0 Å². The average Bonchev–Trinajstić information content (AvgIpc) is 2.23. The largest absolute Gasteiger partial charge is 0.481 e. The van der Waals surface area contributed by atoms with E-state index in [1.165, 1.54) is 0 Å². The molecule has 1 atom stereocenters. The van der Waals surface area contributed by atoms with Gasteiger partial charge in [0.15, 0.2) is 0 Å². The predicted octanol–water partition coefficient (Wildman–Crippen LogP) is 1.52. The van der Waals surface area contributed by atoms with Crippen LogP contribution in [-0.4, -0.2) is 35.0 Å². The summed E-state index contributed by atoms with van der Waals surface area (Å²) < 4.78 is 0. The van der Waals surface area contributed by atoms with Crippen molar-refractivity contribution in [1.82, 2.24) is 4.90 Å². The van der Waals surface area contributed by atoms with Crippen LogP contribution in [0, 0.1) is 5.92 Å². The fraction of sp³-hybridized carbons (Fsp3) is 0.636. The van der Waals surface area contributed by atoms with Crippen LogP contribution in [0.25, 0.3) is 0 Å². The summed E-state index contributed by atoms with van der Waals surface area (Å²) in [6, 6.07) is 0. The molecule has 0 aromatic heterocycles. The summed E-state index contributed by atoms with van der Waals surface area (Å²) in [6.07, 6.45) is 1.73. The predicted molar refractivity (Wildman–Crippen MR) is 58.5 cm³/mol. The number of carbonyl (C=O) groups is 2. The second-order valence-corrected chi connectivity index (χ2v) is 3.55. The Morgan fingerprint density at radius 2 is 2.00 bits per heavy atom. The fourth-order valence-corrected chi connectivity index (χ4v) is 1.14. The molecule has 0 saturated carbocycles. The molecule has 0 fully saturated rings. The van der Waals surface area contributed by atoms with E-state index >= 15 is 0 Å². The van der Waals surface area contributed by atoms with Gasteiger partial charge in [0, 0.05) is 18.7 Å². The van der Waals surface area contributed by atoms with Crippen LogP contribution in [0.4, 0.5) is 0 Å². The van der Waals surface area contributed by atoms with E-state index in [1.54, 1.807) is 31.7 Å². The number of hydrogen-bond donors (Lipinski definition) is 1. The Bertz CT molecular complexity index is 271. The molecular weight excluding hydrogens is 194 g/mol. The van der Waals surface area contributed by atoms with Crippen molar-refractivity contribution in [2.75, 3.05) is 13.1 Å². The van der Waals surface area contributed by atoms with Gasteiger partial charge in [0.1, 0.15) is 0 Å². The van der Waals surface area contributed by atoms with Gasteiger partial charge >= 0.3 is 5.97 Å². The fourth-order valence-electron chi connectivity index (χ4n) is 1.14. The number of hydrogen-bond acceptors (Lipinski definition) is 2. The maximum Gasteiger partial charge on any atom is 0.308 e. The maximum absolute atomic E-state index is 11.7. The highest BCUT2D eigenvalue weighted by Gasteiger charge is 2.19. The minimum Gasteiger partial charge on any atom is -0.481 e. The quantitative estimate of drug-likeness (QED) is 0.704. The third kappa shape index (κ3) is 4.14. The van der Waals surface area contributed by atoms with Crippen molar-refractivity contribution in [2.24, 2.45) is 5.92 Å². The first-order valence-electron chi connectivity index (χ1n) is 5.09. The molecule has 1 N–H and O–H groups in total. The van der Waals surface area contributed by atoms with Crippen molar-refractivity contribution in [3.8, 4) is 0 Å². The Morgan fingerprint density at radius 3 is 2.33 bits per heavy atom. The molecule has 0 saturated heterocycles. The molecule has 4 nitrogen and oxygen atoms in total. The van der Waals surface area contributed by atoms with Crippen molar-refractivity contribution in [2.45, 2.75) is 27.7 Å². The molecular formula is C11H19NO3. The van der Waals surface area contributed by atoms with Crippen LogP contribution in [-0.2, 0) is 9.59 Å². The molecule has 0 aliphatic rings. The summed E-state index contributed by atoms with van der Waals surface area (Å²) in [5.41, 5.74) is 0.648. The molecule has 86 valence electrons. The van der Waals surface area contributed by atoms with Crippen LogP contribution in [0.1, 0.15) is 27.7 Å². The summed E-state index contributed by atoms with van der Waals surface area (Å²) >= 11 is 0. The highest BCUT2D eigenvalue weighted by Crippen LogP contribution is 2.05. The van der Waals surface area contributed by atoms with Crippen LogP contribution < -0.4 is 0 Å². The summed E-state index contributed by atoms with van der Waals surface area (Å²) in [4.78, 5) is 23.9. The van der Waals surface area contributed by atoms with Crippen molar-refractivity contribution in [1.29, 1.82) is 0 Å². The average molecular weight is 213 g/mol. The van der Waals surface area contributed by atoms with Gasteiger partial charge in [0.2, 0.25) is 5.91 Å². The molecule has 0 unspecified atom stereocenters. The van der Waals surface area contributed by atoms with E-state index in [0.29, 0.717) is 12.1 Å². The first-order chi connectivity index (χ1) is 6.93. The Kier molecular flexibility index (Phi) is 5.67. The SMILES string of the molecule is C/C=C(\C)C(=O)N(CC)C[C@H](C)C(=O)O. The third-order valence-electron chi connectivity index (χ3n) is 2.36. The van der Waals surface area contributed by atoms with Gasteiger partial charge in [-0.05, 0) is 20.8 Å². The van der Waals surface area contributed by atoms with Crippen LogP contribution in [0.3, 0.4) is 0 Å². The van der Waals surface area contributed by atoms with E-state index in [2.05, 4.69) is 0 Å². The number of amides is 1. The second-order valence-electron chi connectivity index (χ2n) is 3.55. The lowest BCUT2D eigenvalue weighted by atomic mass is 10.1. The molecule has 0 aromatic carbocycles. The lowest BCUT2D eigenvalue weighted by molar-refractivity contribution is -0.142. The van der Waals surface area contributed by atoms with Gasteiger partial charge in [0.05, 0.1) is 5.92 Å². The molecule has 15 heavy (non-hydrogen) atoms. The first-order valence-corrected chi connectivity index (χ1v) is 5.09. The van der Waals surface area contributed by atoms with E-state index in [4.69, 9.17) is 5.11 Å². The zero-order valence-electron chi connectivity index (χ0n) is 9.78. The zero-order chi connectivity index (χ0) is 12.0. The summed E-state index contributed by atoms with van der Waals surface area (Å²) in [5, 5.41) is 8.75. The third-order valence-corrected chi connectivity index (χ3v) is 2.36. The van der Waals surface area contributed by atoms with Crippen LogP contribution in [0.2, 0.25) is 0 Å². The number of carboxylic acids is 1. The minimum absolute atomic E-state index is 0.0897. The number of allylic oxidation sites excluding steroid dienone is 1. The van der Waals surface area contributed by atoms with Crippen LogP contribution in [0.5, 0.6) is 0 Å². The topological polar surface area (TPSA) is 57.6 Å². The molecule has 0 radical (unpaired) electrons. The maximum atomic E-state index is 11.7. The Labute approximate surface area is 90.6 Å². The highest BCUT2D eigenvalue weighted by molar-refractivity contribution is 5.93. The lowest BCUT2D eigenvalue weighted by Gasteiger charge is -2.23.